The number of β-amino-alcohol motifs (C(OH)–C–C–N with tert-alkyl or cyclic N) is 1. The van der Waals surface area contributed by atoms with Crippen LogP contribution in [0.3, 0.4) is 0 Å². The number of nitrogens with zero attached hydrogens (tertiary/aromatic N) is 1. The van der Waals surface area contributed by atoms with Crippen LogP contribution in [0.5, 0.6) is 5.75 Å². The van der Waals surface area contributed by atoms with Gasteiger partial charge in [0.1, 0.15) is 18.5 Å². The Hall–Kier alpha value is -0.630. The molecule has 1 N–H and O–H groups in total. The van der Waals surface area contributed by atoms with Crippen molar-refractivity contribution in [3.8, 4) is 5.75 Å². The van der Waals surface area contributed by atoms with Crippen LogP contribution in [-0.2, 0) is 4.74 Å². The predicted molar refractivity (Wildman–Crippen MR) is 117 cm³/mol. The number of hydrogen-bond acceptors (Lipinski definition) is 4. The van der Waals surface area contributed by atoms with Crippen LogP contribution in [0.4, 0.5) is 0 Å². The van der Waals surface area contributed by atoms with E-state index in [9.17, 15) is 5.11 Å². The summed E-state index contributed by atoms with van der Waals surface area (Å²) >= 11 is 6.87. The first-order valence-corrected chi connectivity index (χ1v) is 10.3. The highest BCUT2D eigenvalue weighted by Gasteiger charge is 2.31. The molecule has 1 saturated heterocycles. The second-order valence-corrected chi connectivity index (χ2v) is 8.33. The predicted octanol–water partition coefficient (Wildman–Crippen LogP) is 4.84. The Morgan fingerprint density at radius 2 is 1.70 bits per heavy atom. The Bertz CT molecular complexity index is 699. The lowest BCUT2D eigenvalue weighted by Crippen LogP contribution is -2.49. The molecule has 0 bridgehead atoms. The summed E-state index contributed by atoms with van der Waals surface area (Å²) in [6, 6.07) is 16.0. The van der Waals surface area contributed by atoms with Gasteiger partial charge in [0.2, 0.25) is 0 Å². The number of morpholine rings is 1. The standard InChI is InChI=1S/C20H23Br2NO3.ClH/c1-14-20(15-2-4-16(21)5-3-15)25-11-10-23(14)12-18(24)13-26-19-8-6-17(22)7-9-19;/h2-9,14,18,20,24H,10-13H2,1H3;1H. The Balaban J connectivity index is 0.00000261. The zero-order valence-corrected chi connectivity index (χ0v) is 19.0. The zero-order valence-electron chi connectivity index (χ0n) is 15.1. The molecular weight excluding hydrogens is 497 g/mol. The third-order valence-electron chi connectivity index (χ3n) is 4.59. The van der Waals surface area contributed by atoms with E-state index in [1.807, 2.05) is 36.4 Å². The van der Waals surface area contributed by atoms with Gasteiger partial charge in [0, 0.05) is 28.1 Å². The topological polar surface area (TPSA) is 41.9 Å². The van der Waals surface area contributed by atoms with Gasteiger partial charge in [0.25, 0.3) is 0 Å². The second kappa shape index (κ2) is 10.8. The van der Waals surface area contributed by atoms with E-state index in [1.54, 1.807) is 0 Å². The van der Waals surface area contributed by atoms with E-state index in [-0.39, 0.29) is 31.2 Å². The summed E-state index contributed by atoms with van der Waals surface area (Å²) in [7, 11) is 0. The zero-order chi connectivity index (χ0) is 18.5. The van der Waals surface area contributed by atoms with E-state index in [4.69, 9.17) is 9.47 Å². The highest BCUT2D eigenvalue weighted by Crippen LogP contribution is 2.29. The van der Waals surface area contributed by atoms with Crippen LogP contribution in [0.25, 0.3) is 0 Å². The molecule has 2 aromatic rings. The normalized spacial score (nSPS) is 21.3. The SMILES string of the molecule is CC1C(c2ccc(Br)cc2)OCCN1CC(O)COc1ccc(Br)cc1.Cl. The van der Waals surface area contributed by atoms with Crippen molar-refractivity contribution in [1.82, 2.24) is 4.90 Å². The van der Waals surface area contributed by atoms with Crippen LogP contribution in [-0.4, -0.2) is 48.5 Å². The number of benzene rings is 2. The quantitative estimate of drug-likeness (QED) is 0.591. The van der Waals surface area contributed by atoms with Crippen LogP contribution in [0.2, 0.25) is 0 Å². The van der Waals surface area contributed by atoms with Gasteiger partial charge in [-0.3, -0.25) is 4.90 Å². The molecule has 0 radical (unpaired) electrons. The van der Waals surface area contributed by atoms with E-state index in [1.165, 1.54) is 0 Å². The lowest BCUT2D eigenvalue weighted by atomic mass is 10.0. The van der Waals surface area contributed by atoms with Crippen molar-refractivity contribution in [1.29, 1.82) is 0 Å². The van der Waals surface area contributed by atoms with Crippen LogP contribution < -0.4 is 4.74 Å². The fraction of sp³-hybridized carbons (Fsp3) is 0.400. The lowest BCUT2D eigenvalue weighted by Gasteiger charge is -2.40. The van der Waals surface area contributed by atoms with Crippen molar-refractivity contribution >= 4 is 44.3 Å². The van der Waals surface area contributed by atoms with Crippen molar-refractivity contribution in [3.05, 3.63) is 63.0 Å². The first-order valence-electron chi connectivity index (χ1n) is 8.70. The van der Waals surface area contributed by atoms with E-state index in [2.05, 4.69) is 55.8 Å². The van der Waals surface area contributed by atoms with Gasteiger partial charge in [-0.2, -0.15) is 0 Å². The molecule has 0 spiro atoms. The van der Waals surface area contributed by atoms with E-state index >= 15 is 0 Å². The minimum atomic E-state index is -0.551. The van der Waals surface area contributed by atoms with Crippen LogP contribution in [0, 0.1) is 0 Å². The first-order chi connectivity index (χ1) is 12.5. The van der Waals surface area contributed by atoms with Crippen LogP contribution >= 0.6 is 44.3 Å². The minimum Gasteiger partial charge on any atom is -0.491 e. The molecular formula is C20H24Br2ClNO3. The van der Waals surface area contributed by atoms with Crippen molar-refractivity contribution < 1.29 is 14.6 Å². The third-order valence-corrected chi connectivity index (χ3v) is 5.65. The average molecular weight is 522 g/mol. The summed E-state index contributed by atoms with van der Waals surface area (Å²) in [6.07, 6.45) is -0.541. The molecule has 0 aromatic heterocycles. The number of rotatable bonds is 6. The molecule has 1 fully saturated rings. The molecule has 27 heavy (non-hydrogen) atoms. The molecule has 0 aliphatic carbocycles. The molecule has 1 aliphatic rings. The average Bonchev–Trinajstić information content (AvgIpc) is 2.64. The largest absolute Gasteiger partial charge is 0.491 e. The molecule has 148 valence electrons. The van der Waals surface area contributed by atoms with E-state index in [0.717, 1.165) is 26.8 Å². The van der Waals surface area contributed by atoms with Crippen LogP contribution in [0.1, 0.15) is 18.6 Å². The summed E-state index contributed by atoms with van der Waals surface area (Å²) in [5.41, 5.74) is 1.16. The van der Waals surface area contributed by atoms with Gasteiger partial charge in [-0.25, -0.2) is 0 Å². The molecule has 3 unspecified atom stereocenters. The lowest BCUT2D eigenvalue weighted by molar-refractivity contribution is -0.0804. The summed E-state index contributed by atoms with van der Waals surface area (Å²) < 4.78 is 13.7. The molecule has 0 amide bonds. The summed E-state index contributed by atoms with van der Waals surface area (Å²) in [6.45, 7) is 4.45. The molecule has 3 rings (SSSR count). The Morgan fingerprint density at radius 1 is 1.11 bits per heavy atom. The van der Waals surface area contributed by atoms with Gasteiger partial charge in [-0.15, -0.1) is 12.4 Å². The van der Waals surface area contributed by atoms with Gasteiger partial charge in [0.05, 0.1) is 12.7 Å². The van der Waals surface area contributed by atoms with E-state index < -0.39 is 6.10 Å². The van der Waals surface area contributed by atoms with Gasteiger partial charge < -0.3 is 14.6 Å². The Kier molecular flexibility index (Phi) is 9.05. The van der Waals surface area contributed by atoms with Gasteiger partial charge in [-0.1, -0.05) is 44.0 Å². The van der Waals surface area contributed by atoms with Gasteiger partial charge in [0.15, 0.2) is 0 Å². The molecule has 4 nitrogen and oxygen atoms in total. The van der Waals surface area contributed by atoms with Crippen molar-refractivity contribution in [2.45, 2.75) is 25.2 Å². The van der Waals surface area contributed by atoms with Crippen molar-refractivity contribution in [3.63, 3.8) is 0 Å². The first kappa shape index (κ1) is 22.7. The smallest absolute Gasteiger partial charge is 0.119 e. The Labute approximate surface area is 183 Å². The maximum Gasteiger partial charge on any atom is 0.119 e. The number of aliphatic hydroxyl groups is 1. The highest BCUT2D eigenvalue weighted by atomic mass is 79.9. The monoisotopic (exact) mass is 519 g/mol. The maximum atomic E-state index is 10.4. The van der Waals surface area contributed by atoms with Crippen LogP contribution in [0.15, 0.2) is 57.5 Å². The van der Waals surface area contributed by atoms with Gasteiger partial charge in [-0.05, 0) is 48.9 Å². The minimum absolute atomic E-state index is 0. The van der Waals surface area contributed by atoms with Crippen molar-refractivity contribution in [2.24, 2.45) is 0 Å². The molecule has 3 atom stereocenters. The molecule has 7 heteroatoms. The highest BCUT2D eigenvalue weighted by molar-refractivity contribution is 9.10. The van der Waals surface area contributed by atoms with E-state index in [0.29, 0.717) is 13.2 Å². The molecule has 1 heterocycles. The molecule has 0 saturated carbocycles. The molecule has 2 aromatic carbocycles. The number of ether oxygens (including phenoxy) is 2. The Morgan fingerprint density at radius 3 is 2.33 bits per heavy atom. The fourth-order valence-electron chi connectivity index (χ4n) is 3.16. The number of hydrogen-bond donors (Lipinski definition) is 1. The maximum absolute atomic E-state index is 10.4. The summed E-state index contributed by atoms with van der Waals surface area (Å²) in [5.74, 6) is 0.759. The summed E-state index contributed by atoms with van der Waals surface area (Å²) in [5, 5.41) is 10.4. The fourth-order valence-corrected chi connectivity index (χ4v) is 3.69. The molecule has 1 aliphatic heterocycles. The summed E-state index contributed by atoms with van der Waals surface area (Å²) in [4.78, 5) is 2.27. The van der Waals surface area contributed by atoms with Crippen molar-refractivity contribution in [2.75, 3.05) is 26.3 Å². The number of aliphatic hydroxyl groups excluding tert-OH is 1. The third kappa shape index (κ3) is 6.44. The van der Waals surface area contributed by atoms with Gasteiger partial charge >= 0.3 is 0 Å². The second-order valence-electron chi connectivity index (χ2n) is 6.50. The number of halogens is 3.